The van der Waals surface area contributed by atoms with E-state index in [1.54, 1.807) is 6.07 Å². The second kappa shape index (κ2) is 14.8. The number of benzene rings is 2. The largest absolute Gasteiger partial charge is 0.491 e. The Kier molecular flexibility index (Phi) is 12.9. The topological polar surface area (TPSA) is 42.0 Å². The van der Waals surface area contributed by atoms with Gasteiger partial charge < -0.3 is 19.3 Å². The van der Waals surface area contributed by atoms with Gasteiger partial charge in [0.2, 0.25) is 0 Å². The zero-order chi connectivity index (χ0) is 21.8. The smallest absolute Gasteiger partial charge is 0.341 e. The Morgan fingerprint density at radius 2 is 1.35 bits per heavy atom. The molecule has 0 unspecified atom stereocenters. The first kappa shape index (κ1) is 27.0. The summed E-state index contributed by atoms with van der Waals surface area (Å²) in [5.41, 5.74) is 2.41. The molecule has 0 fully saturated rings. The summed E-state index contributed by atoms with van der Waals surface area (Å²) in [5.74, 6) is 0.265. The van der Waals surface area contributed by atoms with Crippen molar-refractivity contribution in [2.45, 2.75) is 27.7 Å². The molecule has 0 radical (unpaired) electrons. The van der Waals surface area contributed by atoms with E-state index in [4.69, 9.17) is 9.47 Å². The van der Waals surface area contributed by atoms with Crippen molar-refractivity contribution in [3.63, 3.8) is 0 Å². The van der Waals surface area contributed by atoms with Gasteiger partial charge >= 0.3 is 5.97 Å². The number of hydrogen-bond donors (Lipinski definition) is 0. The highest BCUT2D eigenvalue weighted by atomic mass is 35.5. The Morgan fingerprint density at radius 3 is 1.94 bits per heavy atom. The lowest BCUT2D eigenvalue weighted by molar-refractivity contribution is 0.0461. The lowest BCUT2D eigenvalue weighted by Crippen LogP contribution is -2.28. The molecule has 6 heteroatoms. The molecule has 2 rings (SSSR count). The molecular formula is C25H37ClN2O3. The van der Waals surface area contributed by atoms with Crippen LogP contribution in [0.4, 0.5) is 0 Å². The molecule has 0 spiro atoms. The quantitative estimate of drug-likeness (QED) is 0.403. The van der Waals surface area contributed by atoms with Crippen LogP contribution in [0.3, 0.4) is 0 Å². The minimum atomic E-state index is -0.335. The molecule has 0 aromatic heterocycles. The number of para-hydroxylation sites is 1. The van der Waals surface area contributed by atoms with E-state index in [-0.39, 0.29) is 18.4 Å². The third-order valence-corrected chi connectivity index (χ3v) is 5.40. The molecule has 0 saturated carbocycles. The Morgan fingerprint density at radius 1 is 0.774 bits per heavy atom. The Balaban J connectivity index is 0.00000480. The van der Waals surface area contributed by atoms with Gasteiger partial charge in [-0.2, -0.15) is 0 Å². The van der Waals surface area contributed by atoms with Crippen LogP contribution < -0.4 is 4.74 Å². The fourth-order valence-corrected chi connectivity index (χ4v) is 3.40. The molecule has 0 heterocycles. The monoisotopic (exact) mass is 448 g/mol. The first-order valence-electron chi connectivity index (χ1n) is 11.1. The number of halogens is 1. The number of esters is 1. The predicted molar refractivity (Wildman–Crippen MR) is 130 cm³/mol. The fraction of sp³-hybridized carbons (Fsp3) is 0.480. The van der Waals surface area contributed by atoms with Gasteiger partial charge in [0.25, 0.3) is 0 Å². The molecule has 0 N–H and O–H groups in total. The second-order valence-corrected chi connectivity index (χ2v) is 7.09. The van der Waals surface area contributed by atoms with Gasteiger partial charge in [-0.25, -0.2) is 4.79 Å². The van der Waals surface area contributed by atoms with Crippen molar-refractivity contribution in [2.75, 3.05) is 52.5 Å². The van der Waals surface area contributed by atoms with Crippen LogP contribution in [0.2, 0.25) is 0 Å². The van der Waals surface area contributed by atoms with Crippen LogP contribution in [0, 0.1) is 0 Å². The van der Waals surface area contributed by atoms with Gasteiger partial charge in [-0.15, -0.1) is 12.4 Å². The van der Waals surface area contributed by atoms with E-state index in [9.17, 15) is 4.79 Å². The van der Waals surface area contributed by atoms with Crippen molar-refractivity contribution in [2.24, 2.45) is 0 Å². The number of hydrogen-bond acceptors (Lipinski definition) is 5. The molecule has 0 aliphatic carbocycles. The zero-order valence-electron chi connectivity index (χ0n) is 19.3. The highest BCUT2D eigenvalue weighted by Crippen LogP contribution is 2.33. The van der Waals surface area contributed by atoms with E-state index in [2.05, 4.69) is 37.5 Å². The van der Waals surface area contributed by atoms with E-state index in [1.165, 1.54) is 0 Å². The van der Waals surface area contributed by atoms with Crippen molar-refractivity contribution in [1.82, 2.24) is 9.80 Å². The molecular weight excluding hydrogens is 412 g/mol. The predicted octanol–water partition coefficient (Wildman–Crippen LogP) is 4.99. The minimum Gasteiger partial charge on any atom is -0.491 e. The molecule has 5 nitrogen and oxygen atoms in total. The summed E-state index contributed by atoms with van der Waals surface area (Å²) in [7, 11) is 0. The maximum atomic E-state index is 12.9. The SMILES string of the molecule is CCN(CC)CCOC(=O)c1cccc(-c2ccccc2)c1OCCN(CC)CC.Cl. The van der Waals surface area contributed by atoms with Gasteiger partial charge in [-0.1, -0.05) is 70.2 Å². The van der Waals surface area contributed by atoms with E-state index >= 15 is 0 Å². The van der Waals surface area contributed by atoms with Crippen molar-refractivity contribution in [1.29, 1.82) is 0 Å². The Bertz CT molecular complexity index is 763. The fourth-order valence-electron chi connectivity index (χ4n) is 3.40. The van der Waals surface area contributed by atoms with E-state index in [0.717, 1.165) is 50.4 Å². The van der Waals surface area contributed by atoms with Crippen LogP contribution in [0.1, 0.15) is 38.1 Å². The first-order valence-corrected chi connectivity index (χ1v) is 11.1. The summed E-state index contributed by atoms with van der Waals surface area (Å²) in [6.45, 7) is 14.8. The van der Waals surface area contributed by atoms with Gasteiger partial charge in [0.15, 0.2) is 0 Å². The molecule has 0 atom stereocenters. The third kappa shape index (κ3) is 8.17. The van der Waals surface area contributed by atoms with Gasteiger partial charge in [-0.3, -0.25) is 0 Å². The van der Waals surface area contributed by atoms with E-state index < -0.39 is 0 Å². The standard InChI is InChI=1S/C25H36N2O3.ClH/c1-5-26(6-2)17-19-29-24-22(21-13-10-9-11-14-21)15-12-16-23(24)25(28)30-20-18-27(7-3)8-4;/h9-16H,5-8,17-20H2,1-4H3;1H. The van der Waals surface area contributed by atoms with Crippen LogP contribution in [0.25, 0.3) is 11.1 Å². The van der Waals surface area contributed by atoms with E-state index in [0.29, 0.717) is 24.5 Å². The van der Waals surface area contributed by atoms with Crippen molar-refractivity contribution in [3.05, 3.63) is 54.1 Å². The third-order valence-electron chi connectivity index (χ3n) is 5.40. The van der Waals surface area contributed by atoms with E-state index in [1.807, 2.05) is 42.5 Å². The van der Waals surface area contributed by atoms with Crippen molar-refractivity contribution < 1.29 is 14.3 Å². The van der Waals surface area contributed by atoms with Gasteiger partial charge in [0.1, 0.15) is 24.5 Å². The molecule has 0 aliphatic rings. The van der Waals surface area contributed by atoms with Crippen molar-refractivity contribution in [3.8, 4) is 16.9 Å². The number of rotatable bonds is 13. The summed E-state index contributed by atoms with van der Waals surface area (Å²) in [6.07, 6.45) is 0. The molecule has 2 aromatic carbocycles. The van der Waals surface area contributed by atoms with Crippen LogP contribution in [-0.2, 0) is 4.74 Å². The Labute approximate surface area is 193 Å². The molecule has 0 bridgehead atoms. The summed E-state index contributed by atoms with van der Waals surface area (Å²) >= 11 is 0. The number of nitrogens with zero attached hydrogens (tertiary/aromatic N) is 2. The average molecular weight is 449 g/mol. The summed E-state index contributed by atoms with van der Waals surface area (Å²) in [4.78, 5) is 17.4. The average Bonchev–Trinajstić information content (AvgIpc) is 2.80. The maximum Gasteiger partial charge on any atom is 0.341 e. The summed E-state index contributed by atoms with van der Waals surface area (Å²) in [6, 6.07) is 15.7. The molecule has 0 aliphatic heterocycles. The lowest BCUT2D eigenvalue weighted by atomic mass is 10.0. The number of likely N-dealkylation sites (N-methyl/N-ethyl adjacent to an activating group) is 2. The van der Waals surface area contributed by atoms with Crippen LogP contribution in [0.15, 0.2) is 48.5 Å². The molecule has 0 saturated heterocycles. The molecule has 31 heavy (non-hydrogen) atoms. The van der Waals surface area contributed by atoms with Crippen LogP contribution >= 0.6 is 12.4 Å². The van der Waals surface area contributed by atoms with Crippen molar-refractivity contribution >= 4 is 18.4 Å². The summed E-state index contributed by atoms with van der Waals surface area (Å²) < 4.78 is 11.8. The number of carbonyl (C=O) groups excluding carboxylic acids is 1. The molecule has 0 amide bonds. The number of ether oxygens (including phenoxy) is 2. The van der Waals surface area contributed by atoms with Gasteiger partial charge in [0, 0.05) is 18.7 Å². The second-order valence-electron chi connectivity index (χ2n) is 7.09. The normalized spacial score (nSPS) is 10.8. The van der Waals surface area contributed by atoms with Gasteiger partial charge in [0.05, 0.1) is 0 Å². The molecule has 172 valence electrons. The lowest BCUT2D eigenvalue weighted by Gasteiger charge is -2.21. The maximum absolute atomic E-state index is 12.9. The number of carbonyl (C=O) groups is 1. The highest BCUT2D eigenvalue weighted by molar-refractivity contribution is 5.95. The first-order chi connectivity index (χ1) is 14.6. The minimum absolute atomic E-state index is 0. The van der Waals surface area contributed by atoms with Gasteiger partial charge in [-0.05, 0) is 37.8 Å². The Hall–Kier alpha value is -2.08. The summed E-state index contributed by atoms with van der Waals surface area (Å²) in [5, 5.41) is 0. The molecule has 2 aromatic rings. The zero-order valence-corrected chi connectivity index (χ0v) is 20.1. The van der Waals surface area contributed by atoms with Crippen LogP contribution in [-0.4, -0.2) is 68.3 Å². The highest BCUT2D eigenvalue weighted by Gasteiger charge is 2.19. The van der Waals surface area contributed by atoms with Crippen LogP contribution in [0.5, 0.6) is 5.75 Å².